The van der Waals surface area contributed by atoms with Crippen molar-refractivity contribution in [2.75, 3.05) is 11.4 Å². The van der Waals surface area contributed by atoms with Crippen LogP contribution in [-0.4, -0.2) is 29.5 Å². The van der Waals surface area contributed by atoms with E-state index >= 15 is 0 Å². The van der Waals surface area contributed by atoms with Crippen LogP contribution in [0.25, 0.3) is 0 Å². The van der Waals surface area contributed by atoms with Gasteiger partial charge in [0.2, 0.25) is 5.91 Å². The average molecular weight is 259 g/mol. The van der Waals surface area contributed by atoms with Crippen LogP contribution >= 0.6 is 0 Å². The van der Waals surface area contributed by atoms with Gasteiger partial charge in [-0.2, -0.15) is 0 Å². The highest BCUT2D eigenvalue weighted by atomic mass is 16.2. The summed E-state index contributed by atoms with van der Waals surface area (Å²) in [5, 5.41) is 3.46. The summed E-state index contributed by atoms with van der Waals surface area (Å²) in [6, 6.07) is 4.58. The maximum Gasteiger partial charge on any atom is 0.244 e. The quantitative estimate of drug-likeness (QED) is 0.902. The number of anilines is 1. The summed E-state index contributed by atoms with van der Waals surface area (Å²) >= 11 is 0. The monoisotopic (exact) mass is 259 g/mol. The Balaban J connectivity index is 1.80. The molecule has 1 saturated heterocycles. The van der Waals surface area contributed by atoms with Crippen molar-refractivity contribution >= 4 is 11.6 Å². The summed E-state index contributed by atoms with van der Waals surface area (Å²) in [6.07, 6.45) is 4.46. The minimum Gasteiger partial charge on any atom is -0.309 e. The molecule has 1 N–H and O–H groups in total. The van der Waals surface area contributed by atoms with Gasteiger partial charge in [-0.1, -0.05) is 0 Å². The van der Waals surface area contributed by atoms with E-state index in [9.17, 15) is 4.79 Å². The van der Waals surface area contributed by atoms with Crippen LogP contribution in [0.3, 0.4) is 0 Å². The van der Waals surface area contributed by atoms with Gasteiger partial charge in [0, 0.05) is 18.3 Å². The predicted octanol–water partition coefficient (Wildman–Crippen LogP) is 1.95. The molecule has 3 rings (SSSR count). The number of nitrogens with zero attached hydrogens (tertiary/aromatic N) is 2. The molecule has 0 spiro atoms. The van der Waals surface area contributed by atoms with Crippen LogP contribution in [0, 0.1) is 13.8 Å². The second-order valence-corrected chi connectivity index (χ2v) is 5.68. The Bertz CT molecular complexity index is 496. The molecular weight excluding hydrogens is 238 g/mol. The molecule has 4 nitrogen and oxygen atoms in total. The molecular formula is C15H21N3O. The van der Waals surface area contributed by atoms with E-state index in [0.29, 0.717) is 6.04 Å². The van der Waals surface area contributed by atoms with Gasteiger partial charge in [0.1, 0.15) is 0 Å². The Labute approximate surface area is 114 Å². The van der Waals surface area contributed by atoms with Crippen molar-refractivity contribution in [1.29, 1.82) is 0 Å². The molecule has 1 amide bonds. The van der Waals surface area contributed by atoms with Crippen molar-refractivity contribution in [3.05, 3.63) is 23.5 Å². The first-order chi connectivity index (χ1) is 9.15. The van der Waals surface area contributed by atoms with Crippen molar-refractivity contribution in [3.8, 4) is 0 Å². The highest BCUT2D eigenvalue weighted by Crippen LogP contribution is 2.26. The zero-order valence-electron chi connectivity index (χ0n) is 11.6. The first-order valence-electron chi connectivity index (χ1n) is 7.17. The summed E-state index contributed by atoms with van der Waals surface area (Å²) in [7, 11) is 0. The molecule has 1 aliphatic carbocycles. The van der Waals surface area contributed by atoms with Gasteiger partial charge in [-0.05, 0) is 51.7 Å². The minimum atomic E-state index is 0.00181. The summed E-state index contributed by atoms with van der Waals surface area (Å²) in [5.74, 6) is 0.215. The van der Waals surface area contributed by atoms with Crippen molar-refractivity contribution in [2.24, 2.45) is 0 Å². The van der Waals surface area contributed by atoms with Crippen molar-refractivity contribution in [2.45, 2.75) is 51.6 Å². The van der Waals surface area contributed by atoms with E-state index in [1.807, 2.05) is 30.9 Å². The number of hydrogen-bond donors (Lipinski definition) is 1. The second kappa shape index (κ2) is 4.93. The number of piperidine rings is 1. The van der Waals surface area contributed by atoms with E-state index in [4.69, 9.17) is 0 Å². The van der Waals surface area contributed by atoms with Crippen LogP contribution < -0.4 is 10.2 Å². The van der Waals surface area contributed by atoms with Crippen molar-refractivity contribution in [3.63, 3.8) is 0 Å². The molecule has 1 aliphatic heterocycles. The number of carbonyl (C=O) groups is 1. The first-order valence-corrected chi connectivity index (χ1v) is 7.17. The molecule has 1 aromatic heterocycles. The Kier molecular flexibility index (Phi) is 3.27. The van der Waals surface area contributed by atoms with E-state index in [1.165, 1.54) is 12.8 Å². The summed E-state index contributed by atoms with van der Waals surface area (Å²) in [6.45, 7) is 4.77. The van der Waals surface area contributed by atoms with Gasteiger partial charge in [-0.3, -0.25) is 9.78 Å². The number of pyridine rings is 1. The maximum atomic E-state index is 12.6. The van der Waals surface area contributed by atoms with E-state index < -0.39 is 0 Å². The van der Waals surface area contributed by atoms with Gasteiger partial charge in [0.05, 0.1) is 17.4 Å². The number of hydrogen-bond acceptors (Lipinski definition) is 3. The molecule has 102 valence electrons. The Hall–Kier alpha value is -1.42. The lowest BCUT2D eigenvalue weighted by molar-refractivity contribution is -0.121. The Morgan fingerprint density at radius 2 is 2.05 bits per heavy atom. The van der Waals surface area contributed by atoms with E-state index in [-0.39, 0.29) is 11.9 Å². The number of aryl methyl sites for hydroxylation is 2. The van der Waals surface area contributed by atoms with E-state index in [1.54, 1.807) is 0 Å². The van der Waals surface area contributed by atoms with Crippen molar-refractivity contribution in [1.82, 2.24) is 10.3 Å². The third-order valence-electron chi connectivity index (χ3n) is 3.94. The SMILES string of the molecule is Cc1ccc(N2CCCC(NC3CC3)C2=O)c(C)n1. The fourth-order valence-corrected chi connectivity index (χ4v) is 2.77. The standard InChI is InChI=1S/C15H21N3O/c1-10-5-8-14(11(2)16-10)18-9-3-4-13(15(18)19)17-12-6-7-12/h5,8,12-13,17H,3-4,6-7,9H2,1-2H3. The van der Waals surface area contributed by atoms with Crippen LogP contribution in [0.15, 0.2) is 12.1 Å². The third-order valence-corrected chi connectivity index (χ3v) is 3.94. The predicted molar refractivity (Wildman–Crippen MR) is 75.2 cm³/mol. The molecule has 1 unspecified atom stereocenters. The number of amides is 1. The highest BCUT2D eigenvalue weighted by molar-refractivity contribution is 5.98. The van der Waals surface area contributed by atoms with Crippen LogP contribution in [0.1, 0.15) is 37.1 Å². The van der Waals surface area contributed by atoms with Gasteiger partial charge >= 0.3 is 0 Å². The van der Waals surface area contributed by atoms with E-state index in [0.717, 1.165) is 36.5 Å². The maximum absolute atomic E-state index is 12.6. The lowest BCUT2D eigenvalue weighted by Crippen LogP contribution is -2.51. The molecule has 2 fully saturated rings. The van der Waals surface area contributed by atoms with Crippen LogP contribution in [0.4, 0.5) is 5.69 Å². The highest BCUT2D eigenvalue weighted by Gasteiger charge is 2.34. The Morgan fingerprint density at radius 3 is 2.74 bits per heavy atom. The van der Waals surface area contributed by atoms with Gasteiger partial charge in [0.15, 0.2) is 0 Å². The molecule has 1 saturated carbocycles. The molecule has 0 bridgehead atoms. The number of rotatable bonds is 3. The molecule has 19 heavy (non-hydrogen) atoms. The summed E-state index contributed by atoms with van der Waals surface area (Å²) < 4.78 is 0. The van der Waals surface area contributed by atoms with Crippen molar-refractivity contribution < 1.29 is 4.79 Å². The fraction of sp³-hybridized carbons (Fsp3) is 0.600. The summed E-state index contributed by atoms with van der Waals surface area (Å²) in [5.41, 5.74) is 2.91. The molecule has 2 heterocycles. The zero-order chi connectivity index (χ0) is 13.4. The smallest absolute Gasteiger partial charge is 0.244 e. The van der Waals surface area contributed by atoms with Gasteiger partial charge in [-0.15, -0.1) is 0 Å². The number of carbonyl (C=O) groups excluding carboxylic acids is 1. The molecule has 2 aliphatic rings. The average Bonchev–Trinajstić information content (AvgIpc) is 3.17. The van der Waals surface area contributed by atoms with Crippen LogP contribution in [0.5, 0.6) is 0 Å². The fourth-order valence-electron chi connectivity index (χ4n) is 2.77. The molecule has 0 radical (unpaired) electrons. The zero-order valence-corrected chi connectivity index (χ0v) is 11.6. The normalized spacial score (nSPS) is 23.8. The minimum absolute atomic E-state index is 0.00181. The van der Waals surface area contributed by atoms with Gasteiger partial charge < -0.3 is 10.2 Å². The first kappa shape index (κ1) is 12.6. The number of aromatic nitrogens is 1. The Morgan fingerprint density at radius 1 is 1.26 bits per heavy atom. The number of nitrogens with one attached hydrogen (secondary N) is 1. The van der Waals surface area contributed by atoms with Gasteiger partial charge in [0.25, 0.3) is 0 Å². The molecule has 1 aromatic rings. The summed E-state index contributed by atoms with van der Waals surface area (Å²) in [4.78, 5) is 18.9. The largest absolute Gasteiger partial charge is 0.309 e. The van der Waals surface area contributed by atoms with E-state index in [2.05, 4.69) is 10.3 Å². The second-order valence-electron chi connectivity index (χ2n) is 5.68. The molecule has 4 heteroatoms. The van der Waals surface area contributed by atoms with Gasteiger partial charge in [-0.25, -0.2) is 0 Å². The third kappa shape index (κ3) is 2.63. The molecule has 0 aromatic carbocycles. The van der Waals surface area contributed by atoms with Crippen LogP contribution in [-0.2, 0) is 4.79 Å². The topological polar surface area (TPSA) is 45.2 Å². The van der Waals surface area contributed by atoms with Crippen LogP contribution in [0.2, 0.25) is 0 Å². The lowest BCUT2D eigenvalue weighted by atomic mass is 10.0. The lowest BCUT2D eigenvalue weighted by Gasteiger charge is -2.33. The molecule has 1 atom stereocenters.